The van der Waals surface area contributed by atoms with Gasteiger partial charge in [0.15, 0.2) is 5.78 Å². The SMILES string of the molecule is COc1ccc2cc([C@H](C)C(=O)c3ccc([C@@H]4OC=CCCO4)cc3)ccc2c1. The van der Waals surface area contributed by atoms with E-state index >= 15 is 0 Å². The molecule has 0 bridgehead atoms. The molecule has 4 nitrogen and oxygen atoms in total. The molecule has 0 fully saturated rings. The lowest BCUT2D eigenvalue weighted by molar-refractivity contribution is -0.102. The van der Waals surface area contributed by atoms with Crippen molar-refractivity contribution in [3.8, 4) is 5.75 Å². The van der Waals surface area contributed by atoms with Gasteiger partial charge in [-0.1, -0.05) is 55.5 Å². The highest BCUT2D eigenvalue weighted by atomic mass is 16.7. The zero-order chi connectivity index (χ0) is 20.2. The van der Waals surface area contributed by atoms with Crippen LogP contribution in [0, 0.1) is 0 Å². The van der Waals surface area contributed by atoms with Crippen LogP contribution in [0.15, 0.2) is 73.0 Å². The Morgan fingerprint density at radius 2 is 1.79 bits per heavy atom. The number of carbonyl (C=O) groups is 1. The lowest BCUT2D eigenvalue weighted by Gasteiger charge is -2.16. The Hall–Kier alpha value is -3.11. The zero-order valence-corrected chi connectivity index (χ0v) is 16.6. The van der Waals surface area contributed by atoms with Crippen LogP contribution in [-0.4, -0.2) is 19.5 Å². The Labute approximate surface area is 170 Å². The summed E-state index contributed by atoms with van der Waals surface area (Å²) in [5, 5.41) is 2.18. The molecule has 1 heterocycles. The molecule has 0 amide bonds. The highest BCUT2D eigenvalue weighted by Gasteiger charge is 2.19. The molecule has 4 heteroatoms. The van der Waals surface area contributed by atoms with Gasteiger partial charge in [-0.3, -0.25) is 4.79 Å². The molecule has 3 aromatic carbocycles. The van der Waals surface area contributed by atoms with Gasteiger partial charge in [0.25, 0.3) is 0 Å². The zero-order valence-electron chi connectivity index (χ0n) is 16.6. The van der Waals surface area contributed by atoms with E-state index in [1.165, 1.54) is 0 Å². The maximum absolute atomic E-state index is 13.0. The largest absolute Gasteiger partial charge is 0.497 e. The van der Waals surface area contributed by atoms with Gasteiger partial charge in [0, 0.05) is 17.0 Å². The highest BCUT2D eigenvalue weighted by molar-refractivity contribution is 6.01. The maximum Gasteiger partial charge on any atom is 0.225 e. The first-order valence-electron chi connectivity index (χ1n) is 9.79. The predicted molar refractivity (Wildman–Crippen MR) is 113 cm³/mol. The van der Waals surface area contributed by atoms with E-state index in [0.29, 0.717) is 12.2 Å². The number of carbonyl (C=O) groups excluding carboxylic acids is 1. The first kappa shape index (κ1) is 19.2. The maximum atomic E-state index is 13.0. The summed E-state index contributed by atoms with van der Waals surface area (Å²) in [4.78, 5) is 13.0. The smallest absolute Gasteiger partial charge is 0.225 e. The van der Waals surface area contributed by atoms with Gasteiger partial charge in [-0.05, 0) is 41.0 Å². The van der Waals surface area contributed by atoms with E-state index in [4.69, 9.17) is 14.2 Å². The summed E-state index contributed by atoms with van der Waals surface area (Å²) < 4.78 is 16.5. The van der Waals surface area contributed by atoms with Crippen LogP contribution in [0.25, 0.3) is 10.8 Å². The summed E-state index contributed by atoms with van der Waals surface area (Å²) in [7, 11) is 1.66. The summed E-state index contributed by atoms with van der Waals surface area (Å²) in [5.41, 5.74) is 2.58. The lowest BCUT2D eigenvalue weighted by Crippen LogP contribution is -2.10. The van der Waals surface area contributed by atoms with Crippen LogP contribution in [0.1, 0.15) is 47.0 Å². The molecule has 1 aliphatic heterocycles. The molecule has 0 saturated carbocycles. The Balaban J connectivity index is 1.52. The molecule has 148 valence electrons. The van der Waals surface area contributed by atoms with E-state index in [2.05, 4.69) is 6.07 Å². The van der Waals surface area contributed by atoms with Crippen molar-refractivity contribution in [1.82, 2.24) is 0 Å². The van der Waals surface area contributed by atoms with Crippen molar-refractivity contribution in [2.45, 2.75) is 25.6 Å². The summed E-state index contributed by atoms with van der Waals surface area (Å²) in [6.45, 7) is 2.57. The minimum absolute atomic E-state index is 0.0898. The van der Waals surface area contributed by atoms with Crippen molar-refractivity contribution in [2.75, 3.05) is 13.7 Å². The Morgan fingerprint density at radius 1 is 1.03 bits per heavy atom. The van der Waals surface area contributed by atoms with Gasteiger partial charge < -0.3 is 14.2 Å². The molecule has 0 aromatic heterocycles. The lowest BCUT2D eigenvalue weighted by atomic mass is 9.90. The third-order valence-corrected chi connectivity index (χ3v) is 5.28. The quantitative estimate of drug-likeness (QED) is 0.520. The van der Waals surface area contributed by atoms with Gasteiger partial charge in [0.05, 0.1) is 20.0 Å². The van der Waals surface area contributed by atoms with Crippen molar-refractivity contribution >= 4 is 16.6 Å². The molecule has 0 radical (unpaired) electrons. The Bertz CT molecular complexity index is 1040. The van der Waals surface area contributed by atoms with Gasteiger partial charge in [-0.25, -0.2) is 0 Å². The van der Waals surface area contributed by atoms with Crippen LogP contribution < -0.4 is 4.74 Å². The second kappa shape index (κ2) is 8.50. The van der Waals surface area contributed by atoms with Crippen LogP contribution in [0.5, 0.6) is 5.75 Å². The number of ether oxygens (including phenoxy) is 3. The fraction of sp³-hybridized carbons (Fsp3) is 0.240. The summed E-state index contributed by atoms with van der Waals surface area (Å²) in [6.07, 6.45) is 4.03. The number of fused-ring (bicyclic) bond motifs is 1. The van der Waals surface area contributed by atoms with Crippen molar-refractivity contribution in [1.29, 1.82) is 0 Å². The molecule has 0 aliphatic carbocycles. The average Bonchev–Trinajstić information content (AvgIpc) is 3.07. The molecular formula is C25H24O4. The van der Waals surface area contributed by atoms with Crippen molar-refractivity contribution in [2.24, 2.45) is 0 Å². The normalized spacial score (nSPS) is 17.4. The van der Waals surface area contributed by atoms with E-state index in [-0.39, 0.29) is 11.7 Å². The molecular weight excluding hydrogens is 364 g/mol. The number of rotatable bonds is 5. The first-order chi connectivity index (χ1) is 14.2. The van der Waals surface area contributed by atoms with Crippen molar-refractivity contribution in [3.05, 3.63) is 89.7 Å². The van der Waals surface area contributed by atoms with Gasteiger partial charge in [0.1, 0.15) is 5.75 Å². The highest BCUT2D eigenvalue weighted by Crippen LogP contribution is 2.28. The van der Waals surface area contributed by atoms with Crippen LogP contribution in [0.3, 0.4) is 0 Å². The molecule has 4 rings (SSSR count). The fourth-order valence-electron chi connectivity index (χ4n) is 3.50. The summed E-state index contributed by atoms with van der Waals surface area (Å²) in [6, 6.07) is 19.6. The topological polar surface area (TPSA) is 44.8 Å². The monoisotopic (exact) mass is 388 g/mol. The minimum atomic E-state index is -0.423. The Kier molecular flexibility index (Phi) is 5.63. The first-order valence-corrected chi connectivity index (χ1v) is 9.79. The Morgan fingerprint density at radius 3 is 2.59 bits per heavy atom. The number of Topliss-reactive ketones (excluding diaryl/α,β-unsaturated/α-hetero) is 1. The number of ketones is 1. The van der Waals surface area contributed by atoms with Gasteiger partial charge in [-0.2, -0.15) is 0 Å². The fourth-order valence-corrected chi connectivity index (χ4v) is 3.50. The molecule has 0 N–H and O–H groups in total. The second-order valence-electron chi connectivity index (χ2n) is 7.18. The van der Waals surface area contributed by atoms with Crippen LogP contribution >= 0.6 is 0 Å². The van der Waals surface area contributed by atoms with E-state index < -0.39 is 6.29 Å². The molecule has 2 atom stereocenters. The molecule has 0 unspecified atom stereocenters. The van der Waals surface area contributed by atoms with Gasteiger partial charge in [0.2, 0.25) is 6.29 Å². The van der Waals surface area contributed by atoms with Crippen LogP contribution in [-0.2, 0) is 9.47 Å². The molecule has 0 saturated heterocycles. The van der Waals surface area contributed by atoms with Crippen LogP contribution in [0.2, 0.25) is 0 Å². The van der Waals surface area contributed by atoms with Crippen molar-refractivity contribution < 1.29 is 19.0 Å². The molecule has 3 aromatic rings. The van der Waals surface area contributed by atoms with E-state index in [1.807, 2.05) is 67.6 Å². The van der Waals surface area contributed by atoms with Gasteiger partial charge >= 0.3 is 0 Å². The second-order valence-corrected chi connectivity index (χ2v) is 7.18. The number of benzene rings is 3. The predicted octanol–water partition coefficient (Wildman–Crippen LogP) is 5.78. The summed E-state index contributed by atoms with van der Waals surface area (Å²) >= 11 is 0. The standard InChI is InChI=1S/C25H24O4/c1-17(20-9-10-22-16-23(27-2)12-11-21(22)15-20)24(26)18-5-7-19(8-6-18)25-28-13-3-4-14-29-25/h3,5-13,15-17,25H,4,14H2,1-2H3/t17-,25+/m0/s1. The van der Waals surface area contributed by atoms with Crippen molar-refractivity contribution in [3.63, 3.8) is 0 Å². The molecule has 1 aliphatic rings. The summed E-state index contributed by atoms with van der Waals surface area (Å²) in [5.74, 6) is 0.680. The number of methoxy groups -OCH3 is 1. The third-order valence-electron chi connectivity index (χ3n) is 5.28. The van der Waals surface area contributed by atoms with E-state index in [9.17, 15) is 4.79 Å². The number of hydrogen-bond acceptors (Lipinski definition) is 4. The number of hydrogen-bond donors (Lipinski definition) is 0. The van der Waals surface area contributed by atoms with E-state index in [1.54, 1.807) is 13.4 Å². The van der Waals surface area contributed by atoms with Gasteiger partial charge in [-0.15, -0.1) is 0 Å². The third kappa shape index (κ3) is 4.17. The molecule has 0 spiro atoms. The van der Waals surface area contributed by atoms with Crippen LogP contribution in [0.4, 0.5) is 0 Å². The van der Waals surface area contributed by atoms with E-state index in [0.717, 1.165) is 34.1 Å². The minimum Gasteiger partial charge on any atom is -0.497 e. The molecule has 29 heavy (non-hydrogen) atoms. The average molecular weight is 388 g/mol.